The van der Waals surface area contributed by atoms with Gasteiger partial charge in [0.1, 0.15) is 0 Å². The number of allylic oxidation sites excluding steroid dienone is 2. The van der Waals surface area contributed by atoms with Gasteiger partial charge >= 0.3 is 0 Å². The Morgan fingerprint density at radius 2 is 2.25 bits per heavy atom. The Hall–Kier alpha value is -0.590. The zero-order valence-electron chi connectivity index (χ0n) is 5.57. The van der Waals surface area contributed by atoms with E-state index in [4.69, 9.17) is 5.41 Å². The molecule has 0 rings (SSSR count). The van der Waals surface area contributed by atoms with E-state index in [-0.39, 0.29) is 0 Å². The van der Waals surface area contributed by atoms with Crippen LogP contribution < -0.4 is 0 Å². The van der Waals surface area contributed by atoms with Crippen LogP contribution in [0.15, 0.2) is 12.2 Å². The Kier molecular flexibility index (Phi) is 4.23. The van der Waals surface area contributed by atoms with E-state index in [1.54, 1.807) is 0 Å². The third kappa shape index (κ3) is 3.59. The first-order chi connectivity index (χ1) is 3.81. The minimum atomic E-state index is 0.731. The summed E-state index contributed by atoms with van der Waals surface area (Å²) in [6.45, 7) is 4.02. The number of nitrogens with one attached hydrogen (secondary N) is 1. The first-order valence-corrected chi connectivity index (χ1v) is 3.01. The van der Waals surface area contributed by atoms with Crippen LogP contribution in [-0.2, 0) is 0 Å². The lowest BCUT2D eigenvalue weighted by molar-refractivity contribution is 0.990. The fourth-order valence-corrected chi connectivity index (χ4v) is 0.554. The van der Waals surface area contributed by atoms with E-state index in [0.717, 1.165) is 18.6 Å². The molecular weight excluding hydrogens is 98.1 g/mol. The minimum Gasteiger partial charge on any atom is -0.305 e. The van der Waals surface area contributed by atoms with Crippen molar-refractivity contribution in [2.24, 2.45) is 0 Å². The SMILES string of the molecule is C/C=C\C(=N)CCC. The lowest BCUT2D eigenvalue weighted by atomic mass is 10.2. The lowest BCUT2D eigenvalue weighted by Gasteiger charge is -1.89. The molecular formula is C7H13N. The van der Waals surface area contributed by atoms with Gasteiger partial charge in [0.2, 0.25) is 0 Å². The fraction of sp³-hybridized carbons (Fsp3) is 0.571. The molecule has 0 spiro atoms. The number of hydrogen-bond acceptors (Lipinski definition) is 1. The van der Waals surface area contributed by atoms with Crippen LogP contribution in [0.5, 0.6) is 0 Å². The van der Waals surface area contributed by atoms with Crippen molar-refractivity contribution >= 4 is 5.71 Å². The van der Waals surface area contributed by atoms with E-state index >= 15 is 0 Å². The van der Waals surface area contributed by atoms with Crippen molar-refractivity contribution < 1.29 is 0 Å². The molecule has 0 heterocycles. The van der Waals surface area contributed by atoms with Gasteiger partial charge < -0.3 is 5.41 Å². The lowest BCUT2D eigenvalue weighted by Crippen LogP contribution is -1.87. The molecule has 0 aliphatic rings. The molecule has 0 aromatic rings. The Morgan fingerprint density at radius 1 is 1.62 bits per heavy atom. The van der Waals surface area contributed by atoms with Crippen molar-refractivity contribution in [2.45, 2.75) is 26.7 Å². The van der Waals surface area contributed by atoms with Crippen LogP contribution in [0.1, 0.15) is 26.7 Å². The molecule has 0 aromatic heterocycles. The van der Waals surface area contributed by atoms with Crippen molar-refractivity contribution in [2.75, 3.05) is 0 Å². The summed E-state index contributed by atoms with van der Waals surface area (Å²) in [4.78, 5) is 0. The second-order valence-electron chi connectivity index (χ2n) is 1.78. The topological polar surface area (TPSA) is 23.9 Å². The van der Waals surface area contributed by atoms with Crippen molar-refractivity contribution in [3.8, 4) is 0 Å². The largest absolute Gasteiger partial charge is 0.305 e. The van der Waals surface area contributed by atoms with E-state index < -0.39 is 0 Å². The fourth-order valence-electron chi connectivity index (χ4n) is 0.554. The van der Waals surface area contributed by atoms with Gasteiger partial charge in [0, 0.05) is 5.71 Å². The molecule has 0 atom stereocenters. The minimum absolute atomic E-state index is 0.731. The predicted molar refractivity (Wildman–Crippen MR) is 37.4 cm³/mol. The average Bonchev–Trinajstić information content (AvgIpc) is 1.68. The monoisotopic (exact) mass is 111 g/mol. The van der Waals surface area contributed by atoms with Gasteiger partial charge in [0.05, 0.1) is 0 Å². The molecule has 0 fully saturated rings. The highest BCUT2D eigenvalue weighted by molar-refractivity contribution is 5.91. The first kappa shape index (κ1) is 7.41. The molecule has 0 amide bonds. The van der Waals surface area contributed by atoms with Gasteiger partial charge in [-0.15, -0.1) is 0 Å². The van der Waals surface area contributed by atoms with E-state index in [9.17, 15) is 0 Å². The van der Waals surface area contributed by atoms with Crippen LogP contribution in [0.4, 0.5) is 0 Å². The van der Waals surface area contributed by atoms with E-state index in [0.29, 0.717) is 0 Å². The molecule has 1 nitrogen and oxygen atoms in total. The highest BCUT2D eigenvalue weighted by Gasteiger charge is 1.83. The summed E-state index contributed by atoms with van der Waals surface area (Å²) in [7, 11) is 0. The van der Waals surface area contributed by atoms with Gasteiger partial charge in [-0.2, -0.15) is 0 Å². The quantitative estimate of drug-likeness (QED) is 0.541. The first-order valence-electron chi connectivity index (χ1n) is 3.01. The second-order valence-corrected chi connectivity index (χ2v) is 1.78. The Balaban J connectivity index is 3.33. The molecule has 0 radical (unpaired) electrons. The van der Waals surface area contributed by atoms with Crippen molar-refractivity contribution in [1.29, 1.82) is 5.41 Å². The zero-order valence-corrected chi connectivity index (χ0v) is 5.57. The van der Waals surface area contributed by atoms with Crippen molar-refractivity contribution in [3.05, 3.63) is 12.2 Å². The van der Waals surface area contributed by atoms with Crippen molar-refractivity contribution in [1.82, 2.24) is 0 Å². The normalized spacial score (nSPS) is 10.2. The van der Waals surface area contributed by atoms with Gasteiger partial charge in [-0.1, -0.05) is 19.4 Å². The molecule has 1 heteroatoms. The summed E-state index contributed by atoms with van der Waals surface area (Å²) >= 11 is 0. The molecule has 46 valence electrons. The van der Waals surface area contributed by atoms with Crippen molar-refractivity contribution in [3.63, 3.8) is 0 Å². The van der Waals surface area contributed by atoms with Crippen LogP contribution in [0.25, 0.3) is 0 Å². The molecule has 0 aliphatic heterocycles. The van der Waals surface area contributed by atoms with E-state index in [2.05, 4.69) is 6.92 Å². The van der Waals surface area contributed by atoms with E-state index in [1.807, 2.05) is 19.1 Å². The molecule has 0 unspecified atom stereocenters. The standard InChI is InChI=1S/C7H13N/c1-3-5-7(8)6-4-2/h3,5,8H,4,6H2,1-2H3/b5-3-,8-7?. The summed E-state index contributed by atoms with van der Waals surface area (Å²) in [5.74, 6) is 0. The summed E-state index contributed by atoms with van der Waals surface area (Å²) in [6, 6.07) is 0. The molecule has 0 saturated heterocycles. The zero-order chi connectivity index (χ0) is 6.41. The van der Waals surface area contributed by atoms with Gasteiger partial charge in [-0.05, 0) is 19.4 Å². The molecule has 0 aromatic carbocycles. The Morgan fingerprint density at radius 3 is 2.62 bits per heavy atom. The molecule has 1 N–H and O–H groups in total. The third-order valence-electron chi connectivity index (χ3n) is 0.887. The van der Waals surface area contributed by atoms with Gasteiger partial charge in [-0.3, -0.25) is 0 Å². The van der Waals surface area contributed by atoms with Crippen LogP contribution in [0.2, 0.25) is 0 Å². The average molecular weight is 111 g/mol. The smallest absolute Gasteiger partial charge is 0.0310 e. The molecule has 8 heavy (non-hydrogen) atoms. The Labute approximate surface area is 50.9 Å². The highest BCUT2D eigenvalue weighted by Crippen LogP contribution is 1.89. The van der Waals surface area contributed by atoms with Gasteiger partial charge in [-0.25, -0.2) is 0 Å². The van der Waals surface area contributed by atoms with Crippen LogP contribution in [0, 0.1) is 5.41 Å². The number of rotatable bonds is 3. The second kappa shape index (κ2) is 4.57. The highest BCUT2D eigenvalue weighted by atomic mass is 14.4. The Bertz CT molecular complexity index is 92.6. The third-order valence-corrected chi connectivity index (χ3v) is 0.887. The maximum Gasteiger partial charge on any atom is 0.0310 e. The van der Waals surface area contributed by atoms with Gasteiger partial charge in [0.15, 0.2) is 0 Å². The predicted octanol–water partition coefficient (Wildman–Crippen LogP) is 2.38. The molecule has 0 saturated carbocycles. The molecule has 0 aliphatic carbocycles. The summed E-state index contributed by atoms with van der Waals surface area (Å²) in [6.07, 6.45) is 5.72. The summed E-state index contributed by atoms with van der Waals surface area (Å²) < 4.78 is 0. The van der Waals surface area contributed by atoms with Gasteiger partial charge in [0.25, 0.3) is 0 Å². The molecule has 0 bridgehead atoms. The van der Waals surface area contributed by atoms with Crippen LogP contribution >= 0.6 is 0 Å². The van der Waals surface area contributed by atoms with Crippen LogP contribution in [-0.4, -0.2) is 5.71 Å². The summed E-state index contributed by atoms with van der Waals surface area (Å²) in [5.41, 5.74) is 0.731. The maximum atomic E-state index is 7.20. The number of hydrogen-bond donors (Lipinski definition) is 1. The van der Waals surface area contributed by atoms with Crippen LogP contribution in [0.3, 0.4) is 0 Å². The maximum absolute atomic E-state index is 7.20. The van der Waals surface area contributed by atoms with E-state index in [1.165, 1.54) is 0 Å². The summed E-state index contributed by atoms with van der Waals surface area (Å²) in [5, 5.41) is 7.20.